The molecular formula is C14H13N3O. The molecule has 0 spiro atoms. The van der Waals surface area contributed by atoms with Crippen LogP contribution in [0.3, 0.4) is 0 Å². The first-order valence-electron chi connectivity index (χ1n) is 5.81. The molecule has 2 heterocycles. The molecule has 0 fully saturated rings. The summed E-state index contributed by atoms with van der Waals surface area (Å²) in [5.41, 5.74) is 3.66. The van der Waals surface area contributed by atoms with Gasteiger partial charge < -0.3 is 10.1 Å². The van der Waals surface area contributed by atoms with Gasteiger partial charge in [0.1, 0.15) is 11.6 Å². The van der Waals surface area contributed by atoms with E-state index in [4.69, 9.17) is 0 Å². The van der Waals surface area contributed by atoms with Crippen molar-refractivity contribution >= 4 is 11.2 Å². The molecule has 0 aliphatic carbocycles. The quantitative estimate of drug-likeness (QED) is 0.722. The SMILES string of the molecule is Cc1ccnc2nc(Cc3ccccc3O)[nH]c12. The number of pyridine rings is 1. The molecular weight excluding hydrogens is 226 g/mol. The van der Waals surface area contributed by atoms with Gasteiger partial charge in [0.25, 0.3) is 0 Å². The summed E-state index contributed by atoms with van der Waals surface area (Å²) in [4.78, 5) is 11.9. The molecule has 90 valence electrons. The zero-order chi connectivity index (χ0) is 12.5. The van der Waals surface area contributed by atoms with Crippen molar-refractivity contribution in [2.24, 2.45) is 0 Å². The third-order valence-corrected chi connectivity index (χ3v) is 3.00. The summed E-state index contributed by atoms with van der Waals surface area (Å²) >= 11 is 0. The van der Waals surface area contributed by atoms with Crippen LogP contribution >= 0.6 is 0 Å². The van der Waals surface area contributed by atoms with Crippen molar-refractivity contribution in [3.63, 3.8) is 0 Å². The van der Waals surface area contributed by atoms with Crippen molar-refractivity contribution in [2.75, 3.05) is 0 Å². The largest absolute Gasteiger partial charge is 0.508 e. The molecule has 18 heavy (non-hydrogen) atoms. The smallest absolute Gasteiger partial charge is 0.177 e. The number of nitrogens with one attached hydrogen (secondary N) is 1. The van der Waals surface area contributed by atoms with Crippen LogP contribution in [-0.2, 0) is 6.42 Å². The van der Waals surface area contributed by atoms with E-state index in [0.717, 1.165) is 28.1 Å². The second-order valence-electron chi connectivity index (χ2n) is 4.32. The molecule has 4 nitrogen and oxygen atoms in total. The number of benzene rings is 1. The van der Waals surface area contributed by atoms with Gasteiger partial charge in [-0.15, -0.1) is 0 Å². The third-order valence-electron chi connectivity index (χ3n) is 3.00. The van der Waals surface area contributed by atoms with Crippen LogP contribution in [0.2, 0.25) is 0 Å². The van der Waals surface area contributed by atoms with Crippen LogP contribution in [0.4, 0.5) is 0 Å². The molecule has 2 N–H and O–H groups in total. The van der Waals surface area contributed by atoms with Gasteiger partial charge in [-0.1, -0.05) is 18.2 Å². The number of rotatable bonds is 2. The number of fused-ring (bicyclic) bond motifs is 1. The van der Waals surface area contributed by atoms with E-state index < -0.39 is 0 Å². The van der Waals surface area contributed by atoms with Gasteiger partial charge in [-0.3, -0.25) is 0 Å². The monoisotopic (exact) mass is 239 g/mol. The Morgan fingerprint density at radius 1 is 1.22 bits per heavy atom. The Kier molecular flexibility index (Phi) is 2.48. The van der Waals surface area contributed by atoms with Crippen LogP contribution in [0, 0.1) is 6.92 Å². The number of H-pyrrole nitrogens is 1. The topological polar surface area (TPSA) is 61.8 Å². The average molecular weight is 239 g/mol. The van der Waals surface area contributed by atoms with Crippen LogP contribution in [0.25, 0.3) is 11.2 Å². The fourth-order valence-electron chi connectivity index (χ4n) is 2.01. The van der Waals surface area contributed by atoms with Crippen LogP contribution in [0.5, 0.6) is 5.75 Å². The van der Waals surface area contributed by atoms with Crippen molar-refractivity contribution in [2.45, 2.75) is 13.3 Å². The van der Waals surface area contributed by atoms with Crippen LogP contribution in [0.15, 0.2) is 36.5 Å². The standard InChI is InChI=1S/C14H13N3O/c1-9-6-7-15-14-13(9)16-12(17-14)8-10-4-2-3-5-11(10)18/h2-7,18H,8H2,1H3,(H,15,16,17). The number of phenols is 1. The molecule has 0 atom stereocenters. The zero-order valence-corrected chi connectivity index (χ0v) is 10.0. The summed E-state index contributed by atoms with van der Waals surface area (Å²) in [5, 5.41) is 9.74. The van der Waals surface area contributed by atoms with E-state index in [1.54, 1.807) is 12.3 Å². The highest BCUT2D eigenvalue weighted by Gasteiger charge is 2.08. The van der Waals surface area contributed by atoms with E-state index in [-0.39, 0.29) is 0 Å². The van der Waals surface area contributed by atoms with Crippen molar-refractivity contribution in [3.8, 4) is 5.75 Å². The van der Waals surface area contributed by atoms with E-state index in [9.17, 15) is 5.11 Å². The molecule has 0 unspecified atom stereocenters. The highest BCUT2D eigenvalue weighted by molar-refractivity contribution is 5.74. The molecule has 0 bridgehead atoms. The normalized spacial score (nSPS) is 10.9. The second-order valence-corrected chi connectivity index (χ2v) is 4.32. The fourth-order valence-corrected chi connectivity index (χ4v) is 2.01. The van der Waals surface area contributed by atoms with E-state index in [0.29, 0.717) is 12.2 Å². The van der Waals surface area contributed by atoms with Crippen LogP contribution < -0.4 is 0 Å². The van der Waals surface area contributed by atoms with Gasteiger partial charge in [-0.25, -0.2) is 9.97 Å². The minimum absolute atomic E-state index is 0.294. The van der Waals surface area contributed by atoms with Crippen molar-refractivity contribution in [3.05, 3.63) is 53.5 Å². The molecule has 3 rings (SSSR count). The Hall–Kier alpha value is -2.36. The highest BCUT2D eigenvalue weighted by atomic mass is 16.3. The average Bonchev–Trinajstić information content (AvgIpc) is 2.76. The summed E-state index contributed by atoms with van der Waals surface area (Å²) in [6.07, 6.45) is 2.32. The molecule has 3 aromatic rings. The fraction of sp³-hybridized carbons (Fsp3) is 0.143. The lowest BCUT2D eigenvalue weighted by molar-refractivity contribution is 0.469. The highest BCUT2D eigenvalue weighted by Crippen LogP contribution is 2.20. The number of hydrogen-bond acceptors (Lipinski definition) is 3. The Morgan fingerprint density at radius 2 is 2.06 bits per heavy atom. The molecule has 0 saturated heterocycles. The summed E-state index contributed by atoms with van der Waals surface area (Å²) in [6, 6.07) is 9.24. The third kappa shape index (κ3) is 1.82. The number of aromatic hydroxyl groups is 1. The van der Waals surface area contributed by atoms with Crippen molar-refractivity contribution in [1.82, 2.24) is 15.0 Å². The maximum atomic E-state index is 9.74. The van der Waals surface area contributed by atoms with Crippen LogP contribution in [-0.4, -0.2) is 20.1 Å². The van der Waals surface area contributed by atoms with Gasteiger partial charge >= 0.3 is 0 Å². The summed E-state index contributed by atoms with van der Waals surface area (Å²) < 4.78 is 0. The Balaban J connectivity index is 2.01. The van der Waals surface area contributed by atoms with Gasteiger partial charge in [0.2, 0.25) is 0 Å². The first kappa shape index (κ1) is 10.8. The van der Waals surface area contributed by atoms with E-state index in [1.807, 2.05) is 31.2 Å². The van der Waals surface area contributed by atoms with E-state index in [1.165, 1.54) is 0 Å². The first-order valence-corrected chi connectivity index (χ1v) is 5.81. The Bertz CT molecular complexity index is 703. The molecule has 1 aromatic carbocycles. The predicted octanol–water partition coefficient (Wildman–Crippen LogP) is 2.56. The van der Waals surface area contributed by atoms with E-state index in [2.05, 4.69) is 15.0 Å². The number of aryl methyl sites for hydroxylation is 1. The Morgan fingerprint density at radius 3 is 2.83 bits per heavy atom. The lowest BCUT2D eigenvalue weighted by Crippen LogP contribution is -1.90. The maximum absolute atomic E-state index is 9.74. The molecule has 0 aliphatic rings. The van der Waals surface area contributed by atoms with Gasteiger partial charge in [0, 0.05) is 18.2 Å². The second kappa shape index (κ2) is 4.14. The molecule has 0 saturated carbocycles. The molecule has 4 heteroatoms. The number of phenolic OH excluding ortho intramolecular Hbond substituents is 1. The predicted molar refractivity (Wildman–Crippen MR) is 69.5 cm³/mol. The number of nitrogens with zero attached hydrogens (tertiary/aromatic N) is 2. The molecule has 2 aromatic heterocycles. The van der Waals surface area contributed by atoms with E-state index >= 15 is 0 Å². The maximum Gasteiger partial charge on any atom is 0.177 e. The number of aromatic nitrogens is 3. The minimum Gasteiger partial charge on any atom is -0.508 e. The van der Waals surface area contributed by atoms with Gasteiger partial charge in [0.15, 0.2) is 5.65 Å². The van der Waals surface area contributed by atoms with Crippen molar-refractivity contribution in [1.29, 1.82) is 0 Å². The van der Waals surface area contributed by atoms with Crippen molar-refractivity contribution < 1.29 is 5.11 Å². The lowest BCUT2D eigenvalue weighted by Gasteiger charge is -2.00. The number of hydrogen-bond donors (Lipinski definition) is 2. The molecule has 0 amide bonds. The number of imidazole rings is 1. The lowest BCUT2D eigenvalue weighted by atomic mass is 10.1. The summed E-state index contributed by atoms with van der Waals surface area (Å²) in [7, 11) is 0. The number of para-hydroxylation sites is 1. The van der Waals surface area contributed by atoms with Gasteiger partial charge in [-0.2, -0.15) is 0 Å². The van der Waals surface area contributed by atoms with Gasteiger partial charge in [0.05, 0.1) is 5.52 Å². The minimum atomic E-state index is 0.294. The molecule has 0 radical (unpaired) electrons. The zero-order valence-electron chi connectivity index (χ0n) is 10.0. The first-order chi connectivity index (χ1) is 8.74. The van der Waals surface area contributed by atoms with Gasteiger partial charge in [-0.05, 0) is 24.6 Å². The number of aromatic amines is 1. The Labute approximate surface area is 104 Å². The molecule has 0 aliphatic heterocycles. The summed E-state index contributed by atoms with van der Waals surface area (Å²) in [5.74, 6) is 1.11. The van der Waals surface area contributed by atoms with Crippen LogP contribution in [0.1, 0.15) is 17.0 Å². The summed E-state index contributed by atoms with van der Waals surface area (Å²) in [6.45, 7) is 2.02.